The first-order valence-electron chi connectivity index (χ1n) is 9.86. The van der Waals surface area contributed by atoms with E-state index in [1.165, 1.54) is 25.3 Å². The maximum atomic E-state index is 13.9. The van der Waals surface area contributed by atoms with Crippen LogP contribution in [0.2, 0.25) is 5.02 Å². The first-order chi connectivity index (χ1) is 17.1. The number of alkyl halides is 3. The highest BCUT2D eigenvalue weighted by Crippen LogP contribution is 2.40. The summed E-state index contributed by atoms with van der Waals surface area (Å²) < 4.78 is 137. The van der Waals surface area contributed by atoms with Crippen molar-refractivity contribution in [3.05, 3.63) is 87.8 Å². The molecule has 4 nitrogen and oxygen atoms in total. The topological polar surface area (TPSA) is 56.3 Å². The Labute approximate surface area is 208 Å². The van der Waals surface area contributed by atoms with E-state index in [1.807, 2.05) is 0 Å². The molecule has 0 bridgehead atoms. The zero-order valence-electron chi connectivity index (χ0n) is 18.0. The van der Waals surface area contributed by atoms with E-state index in [2.05, 4.69) is 9.17 Å². The second-order valence-corrected chi connectivity index (χ2v) is 9.58. The van der Waals surface area contributed by atoms with Crippen molar-refractivity contribution in [1.82, 2.24) is 4.98 Å². The minimum absolute atomic E-state index is 0.134. The molecule has 0 aliphatic rings. The molecule has 194 valence electrons. The largest absolute Gasteiger partial charge is 0.417 e. The Balaban J connectivity index is 1.80. The van der Waals surface area contributed by atoms with Crippen molar-refractivity contribution in [2.45, 2.75) is 18.0 Å². The van der Waals surface area contributed by atoms with Gasteiger partial charge >= 0.3 is 16.3 Å². The zero-order valence-corrected chi connectivity index (χ0v) is 19.6. The lowest BCUT2D eigenvalue weighted by Crippen LogP contribution is -2.14. The van der Waals surface area contributed by atoms with E-state index < -0.39 is 66.6 Å². The lowest BCUT2D eigenvalue weighted by molar-refractivity contribution is -0.137. The van der Waals surface area contributed by atoms with Crippen LogP contribution in [0.3, 0.4) is 0 Å². The minimum Gasteiger partial charge on any atom is -0.372 e. The van der Waals surface area contributed by atoms with Gasteiger partial charge < -0.3 is 4.18 Å². The van der Waals surface area contributed by atoms with Gasteiger partial charge in [0.2, 0.25) is 34.8 Å². The molecule has 1 heterocycles. The Hall–Kier alpha value is -3.45. The number of pyridine rings is 1. The molecule has 14 heteroatoms. The summed E-state index contributed by atoms with van der Waals surface area (Å²) in [7, 11) is -5.11. The molecule has 0 aliphatic carbocycles. The molecular formula is C23H10ClF8NO3S. The number of rotatable bonds is 4. The van der Waals surface area contributed by atoms with Crippen LogP contribution in [0.1, 0.15) is 11.1 Å². The Morgan fingerprint density at radius 2 is 1.46 bits per heavy atom. The molecular weight excluding hydrogens is 558 g/mol. The van der Waals surface area contributed by atoms with Gasteiger partial charge in [-0.1, -0.05) is 17.7 Å². The van der Waals surface area contributed by atoms with Gasteiger partial charge in [0.05, 0.1) is 16.3 Å². The Morgan fingerprint density at radius 1 is 0.865 bits per heavy atom. The average Bonchev–Trinajstić information content (AvgIpc) is 2.84. The lowest BCUT2D eigenvalue weighted by atomic mass is 9.98. The first kappa shape index (κ1) is 26.6. The van der Waals surface area contributed by atoms with Crippen molar-refractivity contribution in [2.24, 2.45) is 0 Å². The quantitative estimate of drug-likeness (QED) is 0.112. The molecule has 0 fully saturated rings. The third kappa shape index (κ3) is 4.68. The molecule has 1 aromatic heterocycles. The highest BCUT2D eigenvalue weighted by Gasteiger charge is 2.34. The molecule has 0 atom stereocenters. The van der Waals surface area contributed by atoms with Crippen LogP contribution >= 0.6 is 11.6 Å². The first-order valence-corrected chi connectivity index (χ1v) is 11.6. The Kier molecular flexibility index (Phi) is 6.57. The monoisotopic (exact) mass is 567 g/mol. The second kappa shape index (κ2) is 9.14. The number of nitrogens with zero attached hydrogens (tertiary/aromatic N) is 1. The molecule has 0 saturated carbocycles. The van der Waals surface area contributed by atoms with Crippen LogP contribution in [0, 0.1) is 36.0 Å². The Morgan fingerprint density at radius 3 is 2.05 bits per heavy atom. The molecule has 0 aliphatic heterocycles. The summed E-state index contributed by atoms with van der Waals surface area (Å²) >= 11 is 5.82. The van der Waals surface area contributed by atoms with Gasteiger partial charge in [-0.2, -0.15) is 30.4 Å². The molecule has 0 unspecified atom stereocenters. The van der Waals surface area contributed by atoms with E-state index in [0.717, 1.165) is 24.3 Å². The summed E-state index contributed by atoms with van der Waals surface area (Å²) in [5.41, 5.74) is -0.565. The number of aryl methyl sites for hydroxylation is 1. The molecule has 4 aromatic rings. The molecule has 0 spiro atoms. The van der Waals surface area contributed by atoms with E-state index in [1.54, 1.807) is 0 Å². The van der Waals surface area contributed by atoms with Crippen LogP contribution in [0.15, 0.2) is 47.5 Å². The van der Waals surface area contributed by atoms with Crippen LogP contribution in [-0.2, 0) is 16.3 Å². The summed E-state index contributed by atoms with van der Waals surface area (Å²) in [5, 5.41) is -0.207. The highest BCUT2D eigenvalue weighted by molar-refractivity contribution is 7.87. The molecule has 0 N–H and O–H groups in total. The summed E-state index contributed by atoms with van der Waals surface area (Å²) in [6, 6.07) is 6.24. The number of aromatic nitrogens is 1. The zero-order chi connectivity index (χ0) is 27.4. The maximum Gasteiger partial charge on any atom is 0.417 e. The van der Waals surface area contributed by atoms with Gasteiger partial charge in [0.25, 0.3) is 0 Å². The number of benzene rings is 3. The van der Waals surface area contributed by atoms with Crippen molar-refractivity contribution >= 4 is 32.5 Å². The van der Waals surface area contributed by atoms with Crippen LogP contribution in [0.25, 0.3) is 22.0 Å². The van der Waals surface area contributed by atoms with Gasteiger partial charge in [-0.3, -0.25) is 4.98 Å². The van der Waals surface area contributed by atoms with E-state index in [4.69, 9.17) is 11.6 Å². The lowest BCUT2D eigenvalue weighted by Gasteiger charge is -2.15. The molecule has 3 aromatic carbocycles. The van der Waals surface area contributed by atoms with Crippen molar-refractivity contribution in [2.75, 3.05) is 0 Å². The number of hydrogen-bond acceptors (Lipinski definition) is 4. The standard InChI is InChI=1S/C23H10ClF8NO3S/c1-9-6-14(23(30,31)32)15(24)8-13(9)21-12-3-2-11(7-10(12)4-5-33-21)37(34,35)36-22-19(28)17(26)16(25)18(27)20(22)29/h2-8H,1H3. The van der Waals surface area contributed by atoms with E-state index in [9.17, 15) is 43.5 Å². The van der Waals surface area contributed by atoms with Gasteiger partial charge in [-0.15, -0.1) is 0 Å². The van der Waals surface area contributed by atoms with Crippen LogP contribution in [-0.4, -0.2) is 13.4 Å². The average molecular weight is 568 g/mol. The van der Waals surface area contributed by atoms with Gasteiger partial charge in [0.1, 0.15) is 4.90 Å². The van der Waals surface area contributed by atoms with Crippen LogP contribution in [0.4, 0.5) is 35.1 Å². The fourth-order valence-electron chi connectivity index (χ4n) is 3.50. The number of halogens is 9. The summed E-state index contributed by atoms with van der Waals surface area (Å²) in [4.78, 5) is 3.42. The van der Waals surface area contributed by atoms with E-state index in [0.29, 0.717) is 0 Å². The molecule has 0 amide bonds. The predicted molar refractivity (Wildman–Crippen MR) is 116 cm³/mol. The fourth-order valence-corrected chi connectivity index (χ4v) is 4.73. The normalized spacial score (nSPS) is 12.3. The van der Waals surface area contributed by atoms with Crippen molar-refractivity contribution in [1.29, 1.82) is 0 Å². The van der Waals surface area contributed by atoms with Gasteiger partial charge in [-0.25, -0.2) is 13.2 Å². The predicted octanol–water partition coefficient (Wildman–Crippen LogP) is 7.35. The van der Waals surface area contributed by atoms with Crippen LogP contribution < -0.4 is 4.18 Å². The summed E-state index contributed by atoms with van der Waals surface area (Å²) in [6.45, 7) is 1.39. The summed E-state index contributed by atoms with van der Waals surface area (Å²) in [6.07, 6.45) is -3.49. The summed E-state index contributed by atoms with van der Waals surface area (Å²) in [5.74, 6) is -14.3. The number of hydrogen-bond donors (Lipinski definition) is 0. The Bertz CT molecular complexity index is 1660. The second-order valence-electron chi connectivity index (χ2n) is 7.62. The highest BCUT2D eigenvalue weighted by atomic mass is 35.5. The smallest absolute Gasteiger partial charge is 0.372 e. The maximum absolute atomic E-state index is 13.9. The van der Waals surface area contributed by atoms with E-state index >= 15 is 0 Å². The third-order valence-electron chi connectivity index (χ3n) is 5.26. The van der Waals surface area contributed by atoms with Crippen molar-refractivity contribution < 1.29 is 47.7 Å². The SMILES string of the molecule is Cc1cc(C(F)(F)F)c(Cl)cc1-c1nccc2cc(S(=O)(=O)Oc3c(F)c(F)c(F)c(F)c3F)ccc12. The number of fused-ring (bicyclic) bond motifs is 1. The molecule has 37 heavy (non-hydrogen) atoms. The van der Waals surface area contributed by atoms with Gasteiger partial charge in [0.15, 0.2) is 0 Å². The molecule has 4 rings (SSSR count). The van der Waals surface area contributed by atoms with Crippen molar-refractivity contribution in [3.63, 3.8) is 0 Å². The molecule has 0 radical (unpaired) electrons. The van der Waals surface area contributed by atoms with Gasteiger partial charge in [0, 0.05) is 17.1 Å². The van der Waals surface area contributed by atoms with E-state index in [-0.39, 0.29) is 27.6 Å². The van der Waals surface area contributed by atoms with Crippen LogP contribution in [0.5, 0.6) is 5.75 Å². The van der Waals surface area contributed by atoms with Gasteiger partial charge in [-0.05, 0) is 48.2 Å². The minimum atomic E-state index is -5.11. The molecule has 0 saturated heterocycles. The fraction of sp³-hybridized carbons (Fsp3) is 0.0870. The third-order valence-corrected chi connectivity index (χ3v) is 6.79. The van der Waals surface area contributed by atoms with Crippen molar-refractivity contribution in [3.8, 4) is 17.0 Å².